The molecule has 0 fully saturated rings. The molecule has 0 aliphatic heterocycles. The van der Waals surface area contributed by atoms with Crippen LogP contribution in [-0.4, -0.2) is 23.0 Å². The van der Waals surface area contributed by atoms with Crippen molar-refractivity contribution in [2.75, 3.05) is 13.1 Å². The molecule has 1 aromatic carbocycles. The van der Waals surface area contributed by atoms with Crippen LogP contribution in [0.2, 0.25) is 0 Å². The van der Waals surface area contributed by atoms with Crippen LogP contribution in [0.3, 0.4) is 0 Å². The van der Waals surface area contributed by atoms with Crippen LogP contribution in [-0.2, 0) is 6.54 Å². The number of aromatic nitrogens is 1. The minimum Gasteiger partial charge on any atom is -0.441 e. The van der Waals surface area contributed by atoms with E-state index in [2.05, 4.69) is 49.4 Å². The highest BCUT2D eigenvalue weighted by Crippen LogP contribution is 2.23. The van der Waals surface area contributed by atoms with Gasteiger partial charge in [-0.15, -0.1) is 0 Å². The lowest BCUT2D eigenvalue weighted by molar-refractivity contribution is 0.299. The molecular formula is C18H24N2O. The summed E-state index contributed by atoms with van der Waals surface area (Å²) in [6.45, 7) is 14.9. The van der Waals surface area contributed by atoms with Crippen LogP contribution in [0.25, 0.3) is 11.5 Å². The molecule has 21 heavy (non-hydrogen) atoms. The van der Waals surface area contributed by atoms with Crippen molar-refractivity contribution in [1.29, 1.82) is 0 Å². The lowest BCUT2D eigenvalue weighted by Crippen LogP contribution is -2.25. The first-order chi connectivity index (χ1) is 9.99. The summed E-state index contributed by atoms with van der Waals surface area (Å²) >= 11 is 0. The zero-order valence-corrected chi connectivity index (χ0v) is 13.4. The molecule has 0 bridgehead atoms. The number of benzene rings is 1. The van der Waals surface area contributed by atoms with Gasteiger partial charge in [-0.05, 0) is 39.4 Å². The maximum absolute atomic E-state index is 5.85. The summed E-state index contributed by atoms with van der Waals surface area (Å²) in [6.07, 6.45) is 0. The van der Waals surface area contributed by atoms with Gasteiger partial charge in [0, 0.05) is 18.7 Å². The highest BCUT2D eigenvalue weighted by atomic mass is 16.4. The Labute approximate surface area is 127 Å². The van der Waals surface area contributed by atoms with Gasteiger partial charge in [-0.25, -0.2) is 4.98 Å². The molecule has 0 amide bonds. The Bertz CT molecular complexity index is 628. The number of likely N-dealkylation sites (N-methyl/N-ethyl adjacent to an activating group) is 1. The molecule has 3 heteroatoms. The third-order valence-electron chi connectivity index (χ3n) is 3.47. The van der Waals surface area contributed by atoms with Crippen molar-refractivity contribution in [3.63, 3.8) is 0 Å². The largest absolute Gasteiger partial charge is 0.441 e. The molecule has 2 rings (SSSR count). The van der Waals surface area contributed by atoms with Crippen molar-refractivity contribution >= 4 is 0 Å². The van der Waals surface area contributed by atoms with Crippen LogP contribution in [0, 0.1) is 13.8 Å². The highest BCUT2D eigenvalue weighted by molar-refractivity contribution is 5.54. The second-order valence-electron chi connectivity index (χ2n) is 5.65. The zero-order valence-electron chi connectivity index (χ0n) is 13.4. The highest BCUT2D eigenvalue weighted by Gasteiger charge is 2.14. The number of hydrogen-bond donors (Lipinski definition) is 0. The van der Waals surface area contributed by atoms with Crippen molar-refractivity contribution in [1.82, 2.24) is 9.88 Å². The summed E-state index contributed by atoms with van der Waals surface area (Å²) in [5.41, 5.74) is 4.42. The van der Waals surface area contributed by atoms with E-state index < -0.39 is 0 Å². The Morgan fingerprint density at radius 3 is 2.71 bits per heavy atom. The minimum atomic E-state index is 0.706. The maximum atomic E-state index is 5.85. The molecule has 0 aliphatic rings. The maximum Gasteiger partial charge on any atom is 0.226 e. The smallest absolute Gasteiger partial charge is 0.226 e. The average molecular weight is 284 g/mol. The van der Waals surface area contributed by atoms with Gasteiger partial charge in [0.25, 0.3) is 0 Å². The Morgan fingerprint density at radius 1 is 1.33 bits per heavy atom. The third-order valence-corrected chi connectivity index (χ3v) is 3.47. The van der Waals surface area contributed by atoms with Crippen LogP contribution in [0.15, 0.2) is 40.8 Å². The summed E-state index contributed by atoms with van der Waals surface area (Å²) in [6, 6.07) is 8.24. The summed E-state index contributed by atoms with van der Waals surface area (Å²) < 4.78 is 5.85. The molecule has 0 N–H and O–H groups in total. The van der Waals surface area contributed by atoms with Gasteiger partial charge in [-0.1, -0.05) is 36.8 Å². The predicted molar refractivity (Wildman–Crippen MR) is 87.2 cm³/mol. The van der Waals surface area contributed by atoms with Crippen molar-refractivity contribution in [3.05, 3.63) is 53.4 Å². The van der Waals surface area contributed by atoms with Gasteiger partial charge < -0.3 is 4.42 Å². The molecule has 1 heterocycles. The molecule has 0 radical (unpaired) electrons. The number of aryl methyl sites for hydroxylation is 2. The lowest BCUT2D eigenvalue weighted by atomic mass is 10.1. The molecule has 112 valence electrons. The van der Waals surface area contributed by atoms with Crippen LogP contribution < -0.4 is 0 Å². The predicted octanol–water partition coefficient (Wildman–Crippen LogP) is 4.36. The number of rotatable bonds is 6. The normalized spacial score (nSPS) is 11.1. The van der Waals surface area contributed by atoms with E-state index in [1.807, 2.05) is 19.1 Å². The van der Waals surface area contributed by atoms with Gasteiger partial charge in [-0.3, -0.25) is 4.90 Å². The number of hydrogen-bond acceptors (Lipinski definition) is 3. The van der Waals surface area contributed by atoms with Gasteiger partial charge in [0.1, 0.15) is 5.76 Å². The first kappa shape index (κ1) is 15.5. The second kappa shape index (κ2) is 6.72. The molecule has 0 atom stereocenters. The summed E-state index contributed by atoms with van der Waals surface area (Å²) in [5.74, 6) is 1.60. The van der Waals surface area contributed by atoms with Gasteiger partial charge in [0.2, 0.25) is 5.89 Å². The lowest BCUT2D eigenvalue weighted by Gasteiger charge is -2.19. The Morgan fingerprint density at radius 2 is 2.10 bits per heavy atom. The molecule has 3 nitrogen and oxygen atoms in total. The fourth-order valence-electron chi connectivity index (χ4n) is 2.35. The average Bonchev–Trinajstić information content (AvgIpc) is 2.79. The number of oxazole rings is 1. The Hall–Kier alpha value is -1.87. The third kappa shape index (κ3) is 4.05. The molecule has 0 saturated heterocycles. The van der Waals surface area contributed by atoms with Crippen molar-refractivity contribution in [2.24, 2.45) is 0 Å². The molecule has 0 unspecified atom stereocenters. The summed E-state index contributed by atoms with van der Waals surface area (Å²) in [4.78, 5) is 6.99. The molecule has 1 aromatic heterocycles. The molecule has 2 aromatic rings. The fourth-order valence-corrected chi connectivity index (χ4v) is 2.35. The minimum absolute atomic E-state index is 0.706. The van der Waals surface area contributed by atoms with Crippen LogP contribution in [0.4, 0.5) is 0 Å². The SMILES string of the molecule is C=C(C)CN(CC)Cc1nc(-c2cccc(C)c2)oc1C. The van der Waals surface area contributed by atoms with Gasteiger partial charge in [0.15, 0.2) is 0 Å². The van der Waals surface area contributed by atoms with E-state index >= 15 is 0 Å². The summed E-state index contributed by atoms with van der Waals surface area (Å²) in [5, 5.41) is 0. The Balaban J connectivity index is 2.21. The fraction of sp³-hybridized carbons (Fsp3) is 0.389. The molecule has 0 spiro atoms. The van der Waals surface area contributed by atoms with E-state index in [4.69, 9.17) is 4.42 Å². The van der Waals surface area contributed by atoms with Crippen molar-refractivity contribution < 1.29 is 4.42 Å². The first-order valence-corrected chi connectivity index (χ1v) is 7.39. The van der Waals surface area contributed by atoms with E-state index in [9.17, 15) is 0 Å². The monoisotopic (exact) mass is 284 g/mol. The zero-order chi connectivity index (χ0) is 15.4. The number of nitrogens with zero attached hydrogens (tertiary/aromatic N) is 2. The van der Waals surface area contributed by atoms with E-state index in [0.717, 1.165) is 42.2 Å². The Kier molecular flexibility index (Phi) is 4.97. The van der Waals surface area contributed by atoms with E-state index in [0.29, 0.717) is 5.89 Å². The van der Waals surface area contributed by atoms with Gasteiger partial charge in [-0.2, -0.15) is 0 Å². The van der Waals surface area contributed by atoms with E-state index in [1.165, 1.54) is 5.56 Å². The van der Waals surface area contributed by atoms with Crippen LogP contribution in [0.5, 0.6) is 0 Å². The topological polar surface area (TPSA) is 29.3 Å². The molecule has 0 saturated carbocycles. The quantitative estimate of drug-likeness (QED) is 0.738. The van der Waals surface area contributed by atoms with Crippen LogP contribution >= 0.6 is 0 Å². The van der Waals surface area contributed by atoms with E-state index in [-0.39, 0.29) is 0 Å². The van der Waals surface area contributed by atoms with Gasteiger partial charge >= 0.3 is 0 Å². The second-order valence-corrected chi connectivity index (χ2v) is 5.65. The molecule has 0 aliphatic carbocycles. The molecular weight excluding hydrogens is 260 g/mol. The first-order valence-electron chi connectivity index (χ1n) is 7.39. The summed E-state index contributed by atoms with van der Waals surface area (Å²) in [7, 11) is 0. The van der Waals surface area contributed by atoms with Gasteiger partial charge in [0.05, 0.1) is 5.69 Å². The van der Waals surface area contributed by atoms with E-state index in [1.54, 1.807) is 0 Å². The van der Waals surface area contributed by atoms with Crippen molar-refractivity contribution in [2.45, 2.75) is 34.2 Å². The van der Waals surface area contributed by atoms with Crippen LogP contribution in [0.1, 0.15) is 30.9 Å². The standard InChI is InChI=1S/C18H24N2O/c1-6-20(11-13(2)3)12-17-15(5)21-18(19-17)16-9-7-8-14(4)10-16/h7-10H,2,6,11-12H2,1,3-5H3. The van der Waals surface area contributed by atoms with Crippen molar-refractivity contribution in [3.8, 4) is 11.5 Å².